The van der Waals surface area contributed by atoms with Crippen molar-refractivity contribution in [1.82, 2.24) is 9.88 Å². The zero-order valence-electron chi connectivity index (χ0n) is 11.4. The lowest BCUT2D eigenvalue weighted by atomic mass is 10.1. The van der Waals surface area contributed by atoms with Crippen molar-refractivity contribution in [3.8, 4) is 0 Å². The van der Waals surface area contributed by atoms with Crippen LogP contribution in [0.2, 0.25) is 0 Å². The highest BCUT2D eigenvalue weighted by Gasteiger charge is 2.07. The number of aromatic nitrogens is 1. The number of rotatable bonds is 9. The van der Waals surface area contributed by atoms with Crippen LogP contribution in [0.5, 0.6) is 0 Å². The van der Waals surface area contributed by atoms with Crippen molar-refractivity contribution in [3.63, 3.8) is 0 Å². The van der Waals surface area contributed by atoms with Gasteiger partial charge in [-0.2, -0.15) is 0 Å². The van der Waals surface area contributed by atoms with E-state index < -0.39 is 0 Å². The molecule has 1 rings (SSSR count). The molecule has 1 atom stereocenters. The summed E-state index contributed by atoms with van der Waals surface area (Å²) >= 11 is 0. The van der Waals surface area contributed by atoms with Crippen LogP contribution < -0.4 is 5.32 Å². The smallest absolute Gasteiger partial charge is 0.0645 e. The Morgan fingerprint density at radius 1 is 1.35 bits per heavy atom. The molecule has 0 aromatic carbocycles. The van der Waals surface area contributed by atoms with Gasteiger partial charge in [-0.05, 0) is 31.5 Å². The van der Waals surface area contributed by atoms with Crippen molar-refractivity contribution >= 4 is 0 Å². The summed E-state index contributed by atoms with van der Waals surface area (Å²) in [6, 6.07) is 2.66. The predicted octanol–water partition coefficient (Wildman–Crippen LogP) is 2.98. The molecule has 17 heavy (non-hydrogen) atoms. The highest BCUT2D eigenvalue weighted by atomic mass is 16.5. The van der Waals surface area contributed by atoms with Crippen LogP contribution in [0.1, 0.15) is 44.7 Å². The molecule has 98 valence electrons. The van der Waals surface area contributed by atoms with Crippen molar-refractivity contribution in [2.45, 2.75) is 45.7 Å². The molecule has 1 unspecified atom stereocenters. The van der Waals surface area contributed by atoms with E-state index in [0.29, 0.717) is 6.04 Å². The summed E-state index contributed by atoms with van der Waals surface area (Å²) in [7, 11) is 2.01. The van der Waals surface area contributed by atoms with Crippen molar-refractivity contribution in [3.05, 3.63) is 24.0 Å². The molecule has 1 aromatic heterocycles. The Morgan fingerprint density at radius 2 is 2.18 bits per heavy atom. The van der Waals surface area contributed by atoms with Gasteiger partial charge in [-0.1, -0.05) is 20.3 Å². The van der Waals surface area contributed by atoms with E-state index in [9.17, 15) is 0 Å². The monoisotopic (exact) mass is 238 g/mol. The lowest BCUT2D eigenvalue weighted by molar-refractivity contribution is 0.123. The summed E-state index contributed by atoms with van der Waals surface area (Å²) < 4.78 is 7.77. The number of hydrogen-bond donors (Lipinski definition) is 1. The van der Waals surface area contributed by atoms with E-state index in [0.717, 1.165) is 32.6 Å². The molecule has 3 heteroatoms. The fraction of sp³-hybridized carbons (Fsp3) is 0.714. The van der Waals surface area contributed by atoms with Crippen LogP contribution in [-0.4, -0.2) is 24.8 Å². The second kappa shape index (κ2) is 8.31. The topological polar surface area (TPSA) is 26.2 Å². The highest BCUT2D eigenvalue weighted by Crippen LogP contribution is 2.15. The predicted molar refractivity (Wildman–Crippen MR) is 72.3 cm³/mol. The summed E-state index contributed by atoms with van der Waals surface area (Å²) in [6.45, 7) is 7.03. The Labute approximate surface area is 105 Å². The molecule has 1 N–H and O–H groups in total. The van der Waals surface area contributed by atoms with Gasteiger partial charge in [0.05, 0.1) is 6.61 Å². The van der Waals surface area contributed by atoms with Crippen LogP contribution in [-0.2, 0) is 11.3 Å². The molecule has 0 amide bonds. The van der Waals surface area contributed by atoms with Crippen molar-refractivity contribution in [1.29, 1.82) is 0 Å². The standard InChI is InChI=1S/C14H26N2O/c1-4-6-10-17-11-9-16-8-7-13(12-16)14(5-2)15-3/h7-8,12,14-15H,4-6,9-11H2,1-3H3. The van der Waals surface area contributed by atoms with Crippen LogP contribution in [0, 0.1) is 0 Å². The first-order valence-corrected chi connectivity index (χ1v) is 6.72. The number of unbranched alkanes of at least 4 members (excludes halogenated alkanes) is 1. The van der Waals surface area contributed by atoms with E-state index in [4.69, 9.17) is 4.74 Å². The maximum Gasteiger partial charge on any atom is 0.0645 e. The van der Waals surface area contributed by atoms with E-state index in [1.54, 1.807) is 0 Å². The molecule has 0 aliphatic rings. The molecular formula is C14H26N2O. The largest absolute Gasteiger partial charge is 0.380 e. The molecule has 0 fully saturated rings. The zero-order chi connectivity index (χ0) is 12.5. The molecular weight excluding hydrogens is 212 g/mol. The number of hydrogen-bond acceptors (Lipinski definition) is 2. The minimum atomic E-state index is 0.470. The quantitative estimate of drug-likeness (QED) is 0.669. The van der Waals surface area contributed by atoms with E-state index >= 15 is 0 Å². The van der Waals surface area contributed by atoms with Crippen molar-refractivity contribution in [2.75, 3.05) is 20.3 Å². The third-order valence-corrected chi connectivity index (χ3v) is 3.07. The summed E-state index contributed by atoms with van der Waals surface area (Å²) in [5.41, 5.74) is 1.36. The minimum absolute atomic E-state index is 0.470. The summed E-state index contributed by atoms with van der Waals surface area (Å²) in [6.07, 6.45) is 7.84. The summed E-state index contributed by atoms with van der Waals surface area (Å²) in [5, 5.41) is 3.32. The van der Waals surface area contributed by atoms with Gasteiger partial charge in [-0.25, -0.2) is 0 Å². The highest BCUT2D eigenvalue weighted by molar-refractivity contribution is 5.15. The second-order valence-electron chi connectivity index (χ2n) is 4.40. The molecule has 0 aliphatic carbocycles. The molecule has 0 bridgehead atoms. The molecule has 1 aromatic rings. The van der Waals surface area contributed by atoms with Gasteiger partial charge in [-0.15, -0.1) is 0 Å². The van der Waals surface area contributed by atoms with Gasteiger partial charge in [0.25, 0.3) is 0 Å². The van der Waals surface area contributed by atoms with Crippen LogP contribution in [0.3, 0.4) is 0 Å². The first kappa shape index (κ1) is 14.3. The molecule has 1 heterocycles. The zero-order valence-corrected chi connectivity index (χ0v) is 11.4. The second-order valence-corrected chi connectivity index (χ2v) is 4.40. The Balaban J connectivity index is 2.30. The fourth-order valence-corrected chi connectivity index (χ4v) is 1.93. The van der Waals surface area contributed by atoms with Gasteiger partial charge < -0.3 is 14.6 Å². The third kappa shape index (κ3) is 4.92. The molecule has 0 aliphatic heterocycles. The van der Waals surface area contributed by atoms with E-state index in [2.05, 4.69) is 42.2 Å². The molecule has 0 saturated carbocycles. The van der Waals surface area contributed by atoms with E-state index in [1.807, 2.05) is 7.05 Å². The van der Waals surface area contributed by atoms with Crippen LogP contribution >= 0.6 is 0 Å². The Hall–Kier alpha value is -0.800. The van der Waals surface area contributed by atoms with Gasteiger partial charge in [0, 0.05) is 31.6 Å². The Morgan fingerprint density at radius 3 is 2.82 bits per heavy atom. The number of nitrogens with one attached hydrogen (secondary N) is 1. The van der Waals surface area contributed by atoms with Crippen LogP contribution in [0.4, 0.5) is 0 Å². The van der Waals surface area contributed by atoms with Gasteiger partial charge in [0.15, 0.2) is 0 Å². The van der Waals surface area contributed by atoms with Gasteiger partial charge in [0.1, 0.15) is 0 Å². The van der Waals surface area contributed by atoms with Crippen LogP contribution in [0.15, 0.2) is 18.5 Å². The third-order valence-electron chi connectivity index (χ3n) is 3.07. The Kier molecular flexibility index (Phi) is 6.97. The average molecular weight is 238 g/mol. The number of nitrogens with zero attached hydrogens (tertiary/aromatic N) is 1. The van der Waals surface area contributed by atoms with Gasteiger partial charge in [-0.3, -0.25) is 0 Å². The number of ether oxygens (including phenoxy) is 1. The lowest BCUT2D eigenvalue weighted by Gasteiger charge is -2.11. The Bertz CT molecular complexity index is 292. The molecule has 0 spiro atoms. The summed E-state index contributed by atoms with van der Waals surface area (Å²) in [4.78, 5) is 0. The average Bonchev–Trinajstić information content (AvgIpc) is 2.79. The maximum absolute atomic E-state index is 5.56. The molecule has 0 radical (unpaired) electrons. The molecule has 3 nitrogen and oxygen atoms in total. The van der Waals surface area contributed by atoms with Crippen LogP contribution in [0.25, 0.3) is 0 Å². The van der Waals surface area contributed by atoms with Crippen molar-refractivity contribution < 1.29 is 4.74 Å². The first-order valence-electron chi connectivity index (χ1n) is 6.72. The van der Waals surface area contributed by atoms with E-state index in [1.165, 1.54) is 12.0 Å². The normalized spacial score (nSPS) is 12.9. The summed E-state index contributed by atoms with van der Waals surface area (Å²) in [5.74, 6) is 0. The fourth-order valence-electron chi connectivity index (χ4n) is 1.93. The molecule has 0 saturated heterocycles. The SMILES string of the molecule is CCCCOCCn1ccc(C(CC)NC)c1. The first-order chi connectivity index (χ1) is 8.31. The van der Waals surface area contributed by atoms with Gasteiger partial charge in [0.2, 0.25) is 0 Å². The van der Waals surface area contributed by atoms with Crippen molar-refractivity contribution in [2.24, 2.45) is 0 Å². The lowest BCUT2D eigenvalue weighted by Crippen LogP contribution is -2.14. The maximum atomic E-state index is 5.56. The van der Waals surface area contributed by atoms with E-state index in [-0.39, 0.29) is 0 Å². The minimum Gasteiger partial charge on any atom is -0.380 e. The van der Waals surface area contributed by atoms with Gasteiger partial charge >= 0.3 is 0 Å².